The minimum Gasteiger partial charge on any atom is -0.756 e. The van der Waals surface area contributed by atoms with Crippen LogP contribution in [0.15, 0.2) is 41.5 Å². The van der Waals surface area contributed by atoms with Gasteiger partial charge >= 0.3 is 7.82 Å². The van der Waals surface area contributed by atoms with Crippen LogP contribution in [0.1, 0.15) is 22.8 Å². The first-order valence-electron chi connectivity index (χ1n) is 12.8. The Balaban J connectivity index is 1.17. The predicted octanol–water partition coefficient (Wildman–Crippen LogP) is -2.28. The first-order valence-corrected chi connectivity index (χ1v) is 16.6. The SMILES string of the molecule is NC(=O)c1ccc[n+](C2OC(COP(=O)([O-])OP(=O)(O)OCC3OC(n4c(Br)cc5c(N)ncnc54)C(O)C3O)C(O)C2O)c1. The third-order valence-electron chi connectivity index (χ3n) is 6.95. The number of nitrogens with two attached hydrogens (primary N) is 2. The number of rotatable bonds is 11. The average Bonchev–Trinajstić information content (AvgIpc) is 3.56. The number of carbonyl (C=O) groups is 1. The summed E-state index contributed by atoms with van der Waals surface area (Å²) in [7, 11) is -11.1. The fourth-order valence-electron chi connectivity index (χ4n) is 4.76. The summed E-state index contributed by atoms with van der Waals surface area (Å²) in [4.78, 5) is 41.8. The number of aliphatic hydroxyl groups excluding tert-OH is 4. The first kappa shape index (κ1) is 33.9. The van der Waals surface area contributed by atoms with Gasteiger partial charge in [0.25, 0.3) is 20.0 Å². The maximum atomic E-state index is 12.4. The summed E-state index contributed by atoms with van der Waals surface area (Å²) in [6.45, 7) is -1.88. The number of phosphoric ester groups is 2. The number of anilines is 1. The van der Waals surface area contributed by atoms with E-state index in [1.54, 1.807) is 6.07 Å². The van der Waals surface area contributed by atoms with Crippen molar-refractivity contribution in [3.05, 3.63) is 47.1 Å². The number of aromatic nitrogens is 4. The molecule has 0 aromatic carbocycles. The number of phosphoric acid groups is 2. The number of nitrogens with zero attached hydrogens (tertiary/aromatic N) is 4. The van der Waals surface area contributed by atoms with Gasteiger partial charge in [0.1, 0.15) is 53.9 Å². The number of carbonyl (C=O) groups excluding carboxylic acids is 1. The Kier molecular flexibility index (Phi) is 9.77. The number of fused-ring (bicyclic) bond motifs is 1. The van der Waals surface area contributed by atoms with Gasteiger partial charge in [0, 0.05) is 6.07 Å². The van der Waals surface area contributed by atoms with E-state index in [2.05, 4.69) is 34.7 Å². The number of aliphatic hydroxyl groups is 4. The average molecular weight is 741 g/mol. The predicted molar refractivity (Wildman–Crippen MR) is 147 cm³/mol. The lowest BCUT2D eigenvalue weighted by Gasteiger charge is -2.26. The van der Waals surface area contributed by atoms with Gasteiger partial charge in [-0.15, -0.1) is 0 Å². The quantitative estimate of drug-likeness (QED) is 0.0804. The van der Waals surface area contributed by atoms with Gasteiger partial charge in [0.05, 0.1) is 23.2 Å². The Morgan fingerprint density at radius 2 is 1.76 bits per heavy atom. The summed E-state index contributed by atoms with van der Waals surface area (Å²) in [5.74, 6) is -0.639. The molecule has 2 fully saturated rings. The van der Waals surface area contributed by atoms with Crippen molar-refractivity contribution in [2.45, 2.75) is 49.1 Å². The van der Waals surface area contributed by atoms with E-state index in [1.165, 1.54) is 40.0 Å². The van der Waals surface area contributed by atoms with Crippen molar-refractivity contribution < 1.29 is 71.5 Å². The maximum absolute atomic E-state index is 12.4. The fourth-order valence-corrected chi connectivity index (χ4v) is 7.41. The molecule has 3 aromatic heterocycles. The van der Waals surface area contributed by atoms with Crippen LogP contribution < -0.4 is 20.9 Å². The molecule has 2 aliphatic rings. The van der Waals surface area contributed by atoms with E-state index >= 15 is 0 Å². The van der Waals surface area contributed by atoms with Crippen LogP contribution >= 0.6 is 31.6 Å². The topological polar surface area (TPSA) is 308 Å². The number of hydrogen-bond acceptors (Lipinski definition) is 16. The number of primary amides is 1. The van der Waals surface area contributed by atoms with Crippen LogP contribution in [0, 0.1) is 0 Å². The zero-order valence-corrected chi connectivity index (χ0v) is 26.0. The summed E-state index contributed by atoms with van der Waals surface area (Å²) < 4.78 is 52.3. The van der Waals surface area contributed by atoms with Crippen LogP contribution in [0.25, 0.3) is 11.0 Å². The molecule has 10 atom stereocenters. The second kappa shape index (κ2) is 13.0. The molecule has 0 saturated carbocycles. The number of ether oxygens (including phenoxy) is 2. The Morgan fingerprint density at radius 3 is 2.47 bits per heavy atom. The van der Waals surface area contributed by atoms with Crippen LogP contribution in [0.3, 0.4) is 0 Å². The smallest absolute Gasteiger partial charge is 0.478 e. The summed E-state index contributed by atoms with van der Waals surface area (Å²) in [5, 5.41) is 42.2. The van der Waals surface area contributed by atoms with Gasteiger partial charge in [-0.25, -0.2) is 18.8 Å². The zero-order chi connectivity index (χ0) is 32.8. The molecule has 20 nitrogen and oxygen atoms in total. The Morgan fingerprint density at radius 1 is 1.09 bits per heavy atom. The molecule has 0 bridgehead atoms. The standard InChI is InChI=1S/C22H27BrN6O14P2/c23-13-4-10-18(24)26-8-27-20(10)29(13)22-17(33)15(31)12(42-22)7-40-45(37,38)43-44(35,36)39-6-11-14(30)16(32)21(41-11)28-3-1-2-9(5-28)19(25)34/h1-5,8,11-12,14-17,21-22,30-33H,6-7H2,(H5-,24,25,26,27,34,35,36,37,38). The molecule has 1 amide bonds. The summed E-state index contributed by atoms with van der Waals surface area (Å²) in [5.41, 5.74) is 11.4. The lowest BCUT2D eigenvalue weighted by atomic mass is 10.1. The monoisotopic (exact) mass is 740 g/mol. The highest BCUT2D eigenvalue weighted by Gasteiger charge is 2.49. The van der Waals surface area contributed by atoms with E-state index in [-0.39, 0.29) is 17.0 Å². The van der Waals surface area contributed by atoms with Crippen molar-refractivity contribution in [3.63, 3.8) is 0 Å². The molecular formula is C22H27BrN6O14P2. The van der Waals surface area contributed by atoms with Crippen molar-refractivity contribution in [2.75, 3.05) is 18.9 Å². The lowest BCUT2D eigenvalue weighted by Crippen LogP contribution is -2.46. The van der Waals surface area contributed by atoms with E-state index in [0.29, 0.717) is 9.99 Å². The van der Waals surface area contributed by atoms with Gasteiger partial charge in [0.15, 0.2) is 24.7 Å². The van der Waals surface area contributed by atoms with Gasteiger partial charge in [-0.3, -0.25) is 18.5 Å². The molecule has 45 heavy (non-hydrogen) atoms. The fraction of sp³-hybridized carbons (Fsp3) is 0.455. The molecule has 0 aliphatic carbocycles. The Hall–Kier alpha value is -2.46. The van der Waals surface area contributed by atoms with Crippen LogP contribution in [0.2, 0.25) is 0 Å². The molecule has 0 spiro atoms. The van der Waals surface area contributed by atoms with Crippen molar-refractivity contribution in [3.8, 4) is 0 Å². The second-order valence-electron chi connectivity index (χ2n) is 9.92. The molecule has 2 saturated heterocycles. The van der Waals surface area contributed by atoms with E-state index < -0.39 is 83.8 Å². The van der Waals surface area contributed by atoms with E-state index in [4.69, 9.17) is 25.5 Å². The number of nitrogen functional groups attached to an aromatic ring is 1. The summed E-state index contributed by atoms with van der Waals surface area (Å²) in [6.07, 6.45) is -8.22. The van der Waals surface area contributed by atoms with Crippen molar-refractivity contribution in [1.82, 2.24) is 14.5 Å². The third kappa shape index (κ3) is 7.11. The number of hydrogen-bond donors (Lipinski definition) is 7. The molecule has 5 heterocycles. The molecule has 9 N–H and O–H groups in total. The third-order valence-corrected chi connectivity index (χ3v) is 10.1. The van der Waals surface area contributed by atoms with Gasteiger partial charge in [-0.1, -0.05) is 0 Å². The summed E-state index contributed by atoms with van der Waals surface area (Å²) >= 11 is 3.29. The number of amides is 1. The molecule has 0 radical (unpaired) electrons. The van der Waals surface area contributed by atoms with E-state index in [9.17, 15) is 44.1 Å². The normalized spacial score (nSPS) is 31.2. The molecule has 2 aliphatic heterocycles. The Labute approximate surface area is 261 Å². The summed E-state index contributed by atoms with van der Waals surface area (Å²) in [6, 6.07) is 4.37. The van der Waals surface area contributed by atoms with E-state index in [0.717, 1.165) is 0 Å². The van der Waals surface area contributed by atoms with Crippen LogP contribution in [-0.4, -0.2) is 95.6 Å². The van der Waals surface area contributed by atoms with Gasteiger partial charge < -0.3 is 55.7 Å². The zero-order valence-electron chi connectivity index (χ0n) is 22.6. The van der Waals surface area contributed by atoms with Gasteiger partial charge in [-0.2, -0.15) is 4.57 Å². The van der Waals surface area contributed by atoms with Gasteiger partial charge in [-0.05, 0) is 28.1 Å². The highest BCUT2D eigenvalue weighted by molar-refractivity contribution is 9.10. The van der Waals surface area contributed by atoms with Crippen LogP contribution in [0.4, 0.5) is 5.82 Å². The molecule has 3 aromatic rings. The number of pyridine rings is 1. The minimum absolute atomic E-state index is 0.0602. The minimum atomic E-state index is -5.62. The first-order chi connectivity index (χ1) is 21.1. The van der Waals surface area contributed by atoms with Crippen LogP contribution in [-0.2, 0) is 32.0 Å². The molecule has 10 unspecified atom stereocenters. The Bertz CT molecular complexity index is 1680. The highest BCUT2D eigenvalue weighted by atomic mass is 79.9. The second-order valence-corrected chi connectivity index (χ2v) is 13.7. The molecule has 23 heteroatoms. The maximum Gasteiger partial charge on any atom is 0.478 e. The lowest BCUT2D eigenvalue weighted by molar-refractivity contribution is -0.765. The highest BCUT2D eigenvalue weighted by Crippen LogP contribution is 2.58. The molecule has 5 rings (SSSR count). The largest absolute Gasteiger partial charge is 0.756 e. The van der Waals surface area contributed by atoms with Crippen LogP contribution in [0.5, 0.6) is 0 Å². The van der Waals surface area contributed by atoms with E-state index in [1.807, 2.05) is 0 Å². The van der Waals surface area contributed by atoms with Crippen molar-refractivity contribution in [1.29, 1.82) is 0 Å². The van der Waals surface area contributed by atoms with Gasteiger partial charge in [0.2, 0.25) is 0 Å². The molecule has 246 valence electrons. The molecular weight excluding hydrogens is 714 g/mol. The van der Waals surface area contributed by atoms with Crippen molar-refractivity contribution >= 4 is 54.3 Å². The number of halogens is 1. The van der Waals surface area contributed by atoms with Crippen molar-refractivity contribution in [2.24, 2.45) is 5.73 Å².